The largest absolute Gasteiger partial charge is 0.330 e. The lowest BCUT2D eigenvalue weighted by Gasteiger charge is -2.19. The minimum Gasteiger partial charge on any atom is -0.330 e. The molecule has 0 fully saturated rings. The zero-order chi connectivity index (χ0) is 13.9. The van der Waals surface area contributed by atoms with Crippen LogP contribution in [0, 0.1) is 5.92 Å². The zero-order valence-corrected chi connectivity index (χ0v) is 12.5. The molecule has 0 saturated heterocycles. The van der Waals surface area contributed by atoms with Gasteiger partial charge in [-0.05, 0) is 63.0 Å². The number of nitrogens with zero attached hydrogens (tertiary/aromatic N) is 2. The second-order valence-electron chi connectivity index (χ2n) is 5.47. The first kappa shape index (κ1) is 16.1. The lowest BCUT2D eigenvalue weighted by atomic mass is 9.94. The van der Waals surface area contributed by atoms with E-state index in [1.54, 1.807) is 0 Å². The van der Waals surface area contributed by atoms with Crippen LogP contribution in [0.3, 0.4) is 0 Å². The minimum atomic E-state index is 0.823. The predicted octanol–water partition coefficient (Wildman–Crippen LogP) is 3.06. The normalized spacial score (nSPS) is 12.8. The topological polar surface area (TPSA) is 42.1 Å². The summed E-state index contributed by atoms with van der Waals surface area (Å²) >= 11 is 0. The molecular weight excluding hydrogens is 234 g/mol. The Bertz CT molecular complexity index is 307. The van der Waals surface area contributed by atoms with Crippen molar-refractivity contribution in [3.8, 4) is 0 Å². The smallest absolute Gasteiger partial charge is 0.0271 e. The van der Waals surface area contributed by atoms with Gasteiger partial charge in [-0.15, -0.1) is 0 Å². The summed E-state index contributed by atoms with van der Waals surface area (Å²) in [4.78, 5) is 6.44. The summed E-state index contributed by atoms with van der Waals surface area (Å²) in [5, 5.41) is 0. The molecule has 19 heavy (non-hydrogen) atoms. The molecule has 2 N–H and O–H groups in total. The maximum Gasteiger partial charge on any atom is 0.0271 e. The highest BCUT2D eigenvalue weighted by Gasteiger charge is 2.07. The van der Waals surface area contributed by atoms with Gasteiger partial charge >= 0.3 is 0 Å². The Morgan fingerprint density at radius 1 is 1.21 bits per heavy atom. The maximum atomic E-state index is 5.68. The zero-order valence-electron chi connectivity index (χ0n) is 12.5. The van der Waals surface area contributed by atoms with Crippen LogP contribution >= 0.6 is 0 Å². The summed E-state index contributed by atoms with van der Waals surface area (Å²) in [6.07, 6.45) is 10.1. The monoisotopic (exact) mass is 263 g/mol. The summed E-state index contributed by atoms with van der Waals surface area (Å²) in [6, 6.07) is 4.18. The van der Waals surface area contributed by atoms with Crippen molar-refractivity contribution in [2.45, 2.75) is 45.6 Å². The predicted molar refractivity (Wildman–Crippen MR) is 81.9 cm³/mol. The van der Waals surface area contributed by atoms with Gasteiger partial charge in [-0.25, -0.2) is 0 Å². The third-order valence-corrected chi connectivity index (χ3v) is 3.63. The van der Waals surface area contributed by atoms with Crippen molar-refractivity contribution in [3.05, 3.63) is 30.1 Å². The molecule has 3 heteroatoms. The summed E-state index contributed by atoms with van der Waals surface area (Å²) in [5.41, 5.74) is 7.01. The molecule has 108 valence electrons. The quantitative estimate of drug-likeness (QED) is 0.705. The van der Waals surface area contributed by atoms with E-state index in [0.717, 1.165) is 25.6 Å². The molecule has 0 aliphatic heterocycles. The fourth-order valence-corrected chi connectivity index (χ4v) is 2.61. The Morgan fingerprint density at radius 2 is 1.95 bits per heavy atom. The van der Waals surface area contributed by atoms with Gasteiger partial charge in [0.2, 0.25) is 0 Å². The molecule has 0 saturated carbocycles. The van der Waals surface area contributed by atoms with E-state index >= 15 is 0 Å². The van der Waals surface area contributed by atoms with Crippen molar-refractivity contribution in [2.75, 3.05) is 20.1 Å². The Balaban J connectivity index is 2.20. The Hall–Kier alpha value is -0.930. The van der Waals surface area contributed by atoms with Crippen LogP contribution in [0.2, 0.25) is 0 Å². The fourth-order valence-electron chi connectivity index (χ4n) is 2.61. The number of rotatable bonds is 10. The first-order valence-corrected chi connectivity index (χ1v) is 7.53. The SMILES string of the molecule is CCCC(CCN)CCCN(C)Cc1ccncc1. The molecular formula is C16H29N3. The lowest BCUT2D eigenvalue weighted by Crippen LogP contribution is -2.20. The number of nitrogens with two attached hydrogens (primary N) is 1. The molecule has 1 rings (SSSR count). The van der Waals surface area contributed by atoms with Crippen LogP contribution in [0.25, 0.3) is 0 Å². The molecule has 0 bridgehead atoms. The van der Waals surface area contributed by atoms with E-state index in [4.69, 9.17) is 5.73 Å². The van der Waals surface area contributed by atoms with Crippen molar-refractivity contribution in [3.63, 3.8) is 0 Å². The van der Waals surface area contributed by atoms with Crippen LogP contribution in [0.1, 0.15) is 44.6 Å². The van der Waals surface area contributed by atoms with Gasteiger partial charge in [0.1, 0.15) is 0 Å². The van der Waals surface area contributed by atoms with Gasteiger partial charge < -0.3 is 10.6 Å². The number of hydrogen-bond donors (Lipinski definition) is 1. The van der Waals surface area contributed by atoms with Crippen LogP contribution in [0.15, 0.2) is 24.5 Å². The Morgan fingerprint density at radius 3 is 2.58 bits per heavy atom. The van der Waals surface area contributed by atoms with E-state index < -0.39 is 0 Å². The lowest BCUT2D eigenvalue weighted by molar-refractivity contribution is 0.298. The average Bonchev–Trinajstić information content (AvgIpc) is 2.40. The van der Waals surface area contributed by atoms with Gasteiger partial charge in [0, 0.05) is 18.9 Å². The van der Waals surface area contributed by atoms with E-state index in [2.05, 4.69) is 36.0 Å². The molecule has 1 heterocycles. The van der Waals surface area contributed by atoms with Crippen molar-refractivity contribution < 1.29 is 0 Å². The first-order chi connectivity index (χ1) is 9.26. The van der Waals surface area contributed by atoms with Crippen molar-refractivity contribution >= 4 is 0 Å². The fraction of sp³-hybridized carbons (Fsp3) is 0.688. The van der Waals surface area contributed by atoms with E-state index in [-0.39, 0.29) is 0 Å². The first-order valence-electron chi connectivity index (χ1n) is 7.53. The van der Waals surface area contributed by atoms with E-state index in [9.17, 15) is 0 Å². The van der Waals surface area contributed by atoms with Gasteiger partial charge in [-0.3, -0.25) is 4.98 Å². The number of pyridine rings is 1. The standard InChI is InChI=1S/C16H29N3/c1-3-5-15(7-10-17)6-4-13-19(2)14-16-8-11-18-12-9-16/h8-9,11-12,15H,3-7,10,13-14,17H2,1-2H3. The van der Waals surface area contributed by atoms with Crippen molar-refractivity contribution in [1.82, 2.24) is 9.88 Å². The molecule has 3 nitrogen and oxygen atoms in total. The van der Waals surface area contributed by atoms with Crippen LogP contribution in [-0.4, -0.2) is 30.0 Å². The Kier molecular flexibility index (Phi) is 8.43. The van der Waals surface area contributed by atoms with E-state index in [1.165, 1.54) is 37.7 Å². The molecule has 0 spiro atoms. The van der Waals surface area contributed by atoms with Crippen LogP contribution < -0.4 is 5.73 Å². The highest BCUT2D eigenvalue weighted by molar-refractivity contribution is 5.09. The van der Waals surface area contributed by atoms with Crippen molar-refractivity contribution in [1.29, 1.82) is 0 Å². The molecule has 1 aromatic heterocycles. The van der Waals surface area contributed by atoms with Gasteiger partial charge in [-0.1, -0.05) is 19.8 Å². The minimum absolute atomic E-state index is 0.823. The molecule has 1 unspecified atom stereocenters. The highest BCUT2D eigenvalue weighted by atomic mass is 15.1. The Labute approximate surface area is 118 Å². The van der Waals surface area contributed by atoms with Gasteiger partial charge in [-0.2, -0.15) is 0 Å². The summed E-state index contributed by atoms with van der Waals surface area (Å²) in [6.45, 7) is 5.27. The van der Waals surface area contributed by atoms with Gasteiger partial charge in [0.05, 0.1) is 0 Å². The molecule has 0 amide bonds. The van der Waals surface area contributed by atoms with E-state index in [1.807, 2.05) is 12.4 Å². The molecule has 0 aromatic carbocycles. The average molecular weight is 263 g/mol. The molecule has 0 radical (unpaired) electrons. The molecule has 1 atom stereocenters. The molecule has 0 aliphatic rings. The third kappa shape index (κ3) is 7.28. The van der Waals surface area contributed by atoms with E-state index in [0.29, 0.717) is 0 Å². The summed E-state index contributed by atoms with van der Waals surface area (Å²) in [5.74, 6) is 0.823. The van der Waals surface area contributed by atoms with Crippen LogP contribution in [0.5, 0.6) is 0 Å². The molecule has 0 aliphatic carbocycles. The van der Waals surface area contributed by atoms with Crippen LogP contribution in [-0.2, 0) is 6.54 Å². The summed E-state index contributed by atoms with van der Waals surface area (Å²) in [7, 11) is 2.19. The second-order valence-corrected chi connectivity index (χ2v) is 5.47. The maximum absolute atomic E-state index is 5.68. The van der Waals surface area contributed by atoms with Crippen LogP contribution in [0.4, 0.5) is 0 Å². The highest BCUT2D eigenvalue weighted by Crippen LogP contribution is 2.17. The number of aromatic nitrogens is 1. The van der Waals surface area contributed by atoms with Gasteiger partial charge in [0.15, 0.2) is 0 Å². The number of hydrogen-bond acceptors (Lipinski definition) is 3. The van der Waals surface area contributed by atoms with Gasteiger partial charge in [0.25, 0.3) is 0 Å². The van der Waals surface area contributed by atoms with Crippen molar-refractivity contribution in [2.24, 2.45) is 11.7 Å². The molecule has 1 aromatic rings. The third-order valence-electron chi connectivity index (χ3n) is 3.63. The summed E-state index contributed by atoms with van der Waals surface area (Å²) < 4.78 is 0. The second kappa shape index (κ2) is 9.93.